The standard InChI is InChI=1S/C12H17F2NO/c1-9(15-7-4-8-16-2)10-5-3-6-11(13)12(10)14/h3,5-6,9,15H,4,7-8H2,1-2H3. The van der Waals surface area contributed by atoms with E-state index in [1.807, 2.05) is 6.92 Å². The molecule has 1 N–H and O–H groups in total. The Kier molecular flexibility index (Phi) is 5.35. The number of rotatable bonds is 6. The Balaban J connectivity index is 2.52. The van der Waals surface area contributed by atoms with E-state index in [9.17, 15) is 8.78 Å². The highest BCUT2D eigenvalue weighted by molar-refractivity contribution is 5.21. The van der Waals surface area contributed by atoms with Gasteiger partial charge in [-0.25, -0.2) is 8.78 Å². The smallest absolute Gasteiger partial charge is 0.163 e. The lowest BCUT2D eigenvalue weighted by atomic mass is 10.1. The summed E-state index contributed by atoms with van der Waals surface area (Å²) in [5.74, 6) is -1.57. The maximum absolute atomic E-state index is 13.4. The molecule has 0 heterocycles. The van der Waals surface area contributed by atoms with Gasteiger partial charge in [0.1, 0.15) is 0 Å². The van der Waals surface area contributed by atoms with Crippen molar-refractivity contribution in [1.29, 1.82) is 0 Å². The number of ether oxygens (including phenoxy) is 1. The summed E-state index contributed by atoms with van der Waals surface area (Å²) in [6.07, 6.45) is 0.845. The second kappa shape index (κ2) is 6.55. The molecule has 0 aliphatic rings. The predicted octanol–water partition coefficient (Wildman–Crippen LogP) is 2.65. The van der Waals surface area contributed by atoms with Crippen LogP contribution in [0.2, 0.25) is 0 Å². The summed E-state index contributed by atoms with van der Waals surface area (Å²) in [5.41, 5.74) is 0.359. The van der Waals surface area contributed by atoms with Gasteiger partial charge in [0.05, 0.1) is 0 Å². The molecule has 2 nitrogen and oxygen atoms in total. The van der Waals surface area contributed by atoms with Crippen LogP contribution in [0.3, 0.4) is 0 Å². The second-order valence-electron chi connectivity index (χ2n) is 3.67. The van der Waals surface area contributed by atoms with Crippen molar-refractivity contribution < 1.29 is 13.5 Å². The third kappa shape index (κ3) is 3.54. The van der Waals surface area contributed by atoms with Gasteiger partial charge in [0.25, 0.3) is 0 Å². The number of nitrogens with one attached hydrogen (secondary N) is 1. The predicted molar refractivity (Wildman–Crippen MR) is 59.3 cm³/mol. The van der Waals surface area contributed by atoms with Gasteiger partial charge >= 0.3 is 0 Å². The molecule has 16 heavy (non-hydrogen) atoms. The summed E-state index contributed by atoms with van der Waals surface area (Å²) in [4.78, 5) is 0. The summed E-state index contributed by atoms with van der Waals surface area (Å²) in [5, 5.41) is 3.12. The Morgan fingerprint density at radius 2 is 2.12 bits per heavy atom. The Bertz CT molecular complexity index is 331. The molecule has 4 heteroatoms. The summed E-state index contributed by atoms with van der Waals surface area (Å²) < 4.78 is 31.2. The molecule has 0 saturated carbocycles. The van der Waals surface area contributed by atoms with Gasteiger partial charge in [0.2, 0.25) is 0 Å². The van der Waals surface area contributed by atoms with Crippen molar-refractivity contribution in [3.05, 3.63) is 35.4 Å². The zero-order valence-electron chi connectivity index (χ0n) is 9.59. The van der Waals surface area contributed by atoms with Crippen molar-refractivity contribution in [2.24, 2.45) is 0 Å². The summed E-state index contributed by atoms with van der Waals surface area (Å²) in [6, 6.07) is 4.02. The molecule has 0 bridgehead atoms. The van der Waals surface area contributed by atoms with Gasteiger partial charge in [-0.05, 0) is 26.0 Å². The summed E-state index contributed by atoms with van der Waals surface area (Å²) in [7, 11) is 1.63. The molecule has 0 spiro atoms. The molecule has 0 aliphatic heterocycles. The van der Waals surface area contributed by atoms with Crippen LogP contribution in [0.1, 0.15) is 24.9 Å². The van der Waals surface area contributed by atoms with Crippen LogP contribution in [0.4, 0.5) is 8.78 Å². The fourth-order valence-corrected chi connectivity index (χ4v) is 1.50. The normalized spacial score (nSPS) is 12.8. The molecule has 1 unspecified atom stereocenters. The highest BCUT2D eigenvalue weighted by Crippen LogP contribution is 2.18. The minimum Gasteiger partial charge on any atom is -0.385 e. The molecule has 0 aromatic heterocycles. The highest BCUT2D eigenvalue weighted by atomic mass is 19.2. The molecule has 0 fully saturated rings. The van der Waals surface area contributed by atoms with Crippen molar-refractivity contribution in [3.8, 4) is 0 Å². The Labute approximate surface area is 94.6 Å². The van der Waals surface area contributed by atoms with E-state index in [4.69, 9.17) is 4.74 Å². The summed E-state index contributed by atoms with van der Waals surface area (Å²) in [6.45, 7) is 3.18. The first-order valence-corrected chi connectivity index (χ1v) is 5.33. The van der Waals surface area contributed by atoms with Gasteiger partial charge in [-0.2, -0.15) is 0 Å². The van der Waals surface area contributed by atoms with Crippen LogP contribution < -0.4 is 5.32 Å². The van der Waals surface area contributed by atoms with Crippen LogP contribution in [0.5, 0.6) is 0 Å². The third-order valence-electron chi connectivity index (χ3n) is 2.42. The molecular weight excluding hydrogens is 212 g/mol. The van der Waals surface area contributed by atoms with Crippen molar-refractivity contribution in [1.82, 2.24) is 5.32 Å². The van der Waals surface area contributed by atoms with E-state index in [0.29, 0.717) is 18.7 Å². The number of halogens is 2. The van der Waals surface area contributed by atoms with E-state index in [1.54, 1.807) is 13.2 Å². The molecule has 90 valence electrons. The molecule has 1 rings (SSSR count). The summed E-state index contributed by atoms with van der Waals surface area (Å²) >= 11 is 0. The zero-order chi connectivity index (χ0) is 12.0. The Hall–Kier alpha value is -1.00. The van der Waals surface area contributed by atoms with E-state index >= 15 is 0 Å². The first-order chi connectivity index (χ1) is 7.66. The lowest BCUT2D eigenvalue weighted by molar-refractivity contribution is 0.193. The number of hydrogen-bond donors (Lipinski definition) is 1. The Morgan fingerprint density at radius 1 is 1.38 bits per heavy atom. The van der Waals surface area contributed by atoms with Crippen molar-refractivity contribution in [2.45, 2.75) is 19.4 Å². The average Bonchev–Trinajstić information content (AvgIpc) is 2.28. The molecule has 1 aromatic rings. The van der Waals surface area contributed by atoms with E-state index < -0.39 is 11.6 Å². The molecule has 1 atom stereocenters. The van der Waals surface area contributed by atoms with Crippen LogP contribution in [-0.4, -0.2) is 20.3 Å². The topological polar surface area (TPSA) is 21.3 Å². The van der Waals surface area contributed by atoms with Gasteiger partial charge in [-0.1, -0.05) is 12.1 Å². The van der Waals surface area contributed by atoms with Gasteiger partial charge in [0.15, 0.2) is 11.6 Å². The van der Waals surface area contributed by atoms with Gasteiger partial charge in [0, 0.05) is 25.3 Å². The van der Waals surface area contributed by atoms with Crippen LogP contribution in [0, 0.1) is 11.6 Å². The lowest BCUT2D eigenvalue weighted by Gasteiger charge is -2.15. The van der Waals surface area contributed by atoms with Crippen molar-refractivity contribution in [3.63, 3.8) is 0 Å². The van der Waals surface area contributed by atoms with Crippen LogP contribution in [0.15, 0.2) is 18.2 Å². The van der Waals surface area contributed by atoms with Crippen LogP contribution in [-0.2, 0) is 4.74 Å². The average molecular weight is 229 g/mol. The number of methoxy groups -OCH3 is 1. The second-order valence-corrected chi connectivity index (χ2v) is 3.67. The number of benzene rings is 1. The molecular formula is C12H17F2NO. The van der Waals surface area contributed by atoms with Crippen molar-refractivity contribution in [2.75, 3.05) is 20.3 Å². The molecule has 1 aromatic carbocycles. The van der Waals surface area contributed by atoms with Gasteiger partial charge in [-0.3, -0.25) is 0 Å². The monoisotopic (exact) mass is 229 g/mol. The van der Waals surface area contributed by atoms with E-state index in [2.05, 4.69) is 5.32 Å². The maximum Gasteiger partial charge on any atom is 0.163 e. The largest absolute Gasteiger partial charge is 0.385 e. The first kappa shape index (κ1) is 13.1. The van der Waals surface area contributed by atoms with E-state index in [-0.39, 0.29) is 6.04 Å². The SMILES string of the molecule is COCCCNC(C)c1cccc(F)c1F. The van der Waals surface area contributed by atoms with Crippen LogP contribution in [0.25, 0.3) is 0 Å². The minimum atomic E-state index is -0.803. The Morgan fingerprint density at radius 3 is 2.81 bits per heavy atom. The third-order valence-corrected chi connectivity index (χ3v) is 2.42. The molecule has 0 aliphatic carbocycles. The maximum atomic E-state index is 13.4. The fraction of sp³-hybridized carbons (Fsp3) is 0.500. The quantitative estimate of drug-likeness (QED) is 0.757. The van der Waals surface area contributed by atoms with Gasteiger partial charge < -0.3 is 10.1 Å². The lowest BCUT2D eigenvalue weighted by Crippen LogP contribution is -2.22. The fourth-order valence-electron chi connectivity index (χ4n) is 1.50. The number of hydrogen-bond acceptors (Lipinski definition) is 2. The zero-order valence-corrected chi connectivity index (χ0v) is 9.59. The molecule has 0 saturated heterocycles. The van der Waals surface area contributed by atoms with Crippen molar-refractivity contribution >= 4 is 0 Å². The van der Waals surface area contributed by atoms with E-state index in [0.717, 1.165) is 12.5 Å². The molecule has 0 radical (unpaired) electrons. The van der Waals surface area contributed by atoms with E-state index in [1.165, 1.54) is 6.07 Å². The molecule has 0 amide bonds. The highest BCUT2D eigenvalue weighted by Gasteiger charge is 2.13. The minimum absolute atomic E-state index is 0.201. The first-order valence-electron chi connectivity index (χ1n) is 5.33. The van der Waals surface area contributed by atoms with Gasteiger partial charge in [-0.15, -0.1) is 0 Å². The van der Waals surface area contributed by atoms with Crippen LogP contribution >= 0.6 is 0 Å².